The first-order valence-corrected chi connectivity index (χ1v) is 7.20. The molecular weight excluding hydrogens is 269 g/mol. The van der Waals surface area contributed by atoms with Gasteiger partial charge in [-0.2, -0.15) is 4.37 Å². The molecule has 0 saturated heterocycles. The Morgan fingerprint density at radius 1 is 1.44 bits per heavy atom. The molecule has 0 saturated carbocycles. The maximum atomic E-state index is 13.3. The SMILES string of the molecule is CC(C)NCc1cc(F)ccc1Sc1ncns1. The molecule has 1 aromatic heterocycles. The predicted octanol–water partition coefficient (Wildman–Crippen LogP) is 3.33. The Kier molecular flexibility index (Phi) is 4.68. The lowest BCUT2D eigenvalue weighted by Gasteiger charge is -2.11. The van der Waals surface area contributed by atoms with Gasteiger partial charge in [0.15, 0.2) is 4.34 Å². The van der Waals surface area contributed by atoms with E-state index < -0.39 is 0 Å². The van der Waals surface area contributed by atoms with E-state index in [4.69, 9.17) is 0 Å². The summed E-state index contributed by atoms with van der Waals surface area (Å²) in [5, 5.41) is 3.30. The molecule has 1 aromatic carbocycles. The van der Waals surface area contributed by atoms with Crippen LogP contribution in [0.15, 0.2) is 33.8 Å². The van der Waals surface area contributed by atoms with E-state index in [1.807, 2.05) is 0 Å². The van der Waals surface area contributed by atoms with Gasteiger partial charge in [0.05, 0.1) is 0 Å². The highest BCUT2D eigenvalue weighted by Crippen LogP contribution is 2.31. The Morgan fingerprint density at radius 3 is 2.94 bits per heavy atom. The number of hydrogen-bond donors (Lipinski definition) is 1. The van der Waals surface area contributed by atoms with Crippen molar-refractivity contribution in [1.82, 2.24) is 14.7 Å². The molecule has 0 spiro atoms. The van der Waals surface area contributed by atoms with Gasteiger partial charge in [-0.05, 0) is 35.3 Å². The Morgan fingerprint density at radius 2 is 2.28 bits per heavy atom. The summed E-state index contributed by atoms with van der Waals surface area (Å²) in [6.07, 6.45) is 1.53. The van der Waals surface area contributed by atoms with E-state index in [9.17, 15) is 4.39 Å². The molecule has 3 nitrogen and oxygen atoms in total. The lowest BCUT2D eigenvalue weighted by atomic mass is 10.2. The molecule has 96 valence electrons. The zero-order chi connectivity index (χ0) is 13.0. The summed E-state index contributed by atoms with van der Waals surface area (Å²) in [7, 11) is 0. The first-order valence-electron chi connectivity index (χ1n) is 5.61. The van der Waals surface area contributed by atoms with Crippen LogP contribution >= 0.6 is 23.3 Å². The second-order valence-corrected chi connectivity index (χ2v) is 6.17. The fraction of sp³-hybridized carbons (Fsp3) is 0.333. The average Bonchev–Trinajstić information content (AvgIpc) is 2.82. The summed E-state index contributed by atoms with van der Waals surface area (Å²) in [5.41, 5.74) is 0.948. The van der Waals surface area contributed by atoms with Crippen molar-refractivity contribution in [2.24, 2.45) is 0 Å². The van der Waals surface area contributed by atoms with Gasteiger partial charge in [0.25, 0.3) is 0 Å². The topological polar surface area (TPSA) is 37.8 Å². The van der Waals surface area contributed by atoms with E-state index in [-0.39, 0.29) is 5.82 Å². The van der Waals surface area contributed by atoms with Crippen LogP contribution in [0.3, 0.4) is 0 Å². The summed E-state index contributed by atoms with van der Waals surface area (Å²) >= 11 is 2.86. The van der Waals surface area contributed by atoms with Gasteiger partial charge in [-0.3, -0.25) is 0 Å². The predicted molar refractivity (Wildman–Crippen MR) is 72.4 cm³/mol. The molecule has 18 heavy (non-hydrogen) atoms. The second-order valence-electron chi connectivity index (χ2n) is 4.10. The van der Waals surface area contributed by atoms with E-state index in [1.54, 1.807) is 12.1 Å². The van der Waals surface area contributed by atoms with Gasteiger partial charge in [0.2, 0.25) is 0 Å². The van der Waals surface area contributed by atoms with Crippen LogP contribution in [0.4, 0.5) is 4.39 Å². The summed E-state index contributed by atoms with van der Waals surface area (Å²) in [5.74, 6) is -0.211. The van der Waals surface area contributed by atoms with Crippen molar-refractivity contribution in [2.45, 2.75) is 35.7 Å². The maximum absolute atomic E-state index is 13.3. The van der Waals surface area contributed by atoms with Gasteiger partial charge < -0.3 is 5.32 Å². The van der Waals surface area contributed by atoms with Crippen LogP contribution < -0.4 is 5.32 Å². The number of aromatic nitrogens is 2. The molecule has 2 aromatic rings. The van der Waals surface area contributed by atoms with Gasteiger partial charge in [-0.25, -0.2) is 9.37 Å². The largest absolute Gasteiger partial charge is 0.310 e. The van der Waals surface area contributed by atoms with Crippen molar-refractivity contribution in [3.8, 4) is 0 Å². The third-order valence-electron chi connectivity index (χ3n) is 2.26. The summed E-state index contributed by atoms with van der Waals surface area (Å²) in [6, 6.07) is 5.20. The molecule has 0 radical (unpaired) electrons. The highest BCUT2D eigenvalue weighted by atomic mass is 32.2. The normalized spacial score (nSPS) is 11.1. The molecule has 0 aliphatic rings. The van der Waals surface area contributed by atoms with E-state index in [1.165, 1.54) is 35.7 Å². The van der Waals surface area contributed by atoms with E-state index in [0.717, 1.165) is 14.8 Å². The summed E-state index contributed by atoms with van der Waals surface area (Å²) in [6.45, 7) is 4.78. The third kappa shape index (κ3) is 3.76. The number of nitrogens with one attached hydrogen (secondary N) is 1. The highest BCUT2D eigenvalue weighted by molar-refractivity contribution is 8.01. The van der Waals surface area contributed by atoms with Crippen LogP contribution in [0.2, 0.25) is 0 Å². The number of rotatable bonds is 5. The monoisotopic (exact) mass is 283 g/mol. The lowest BCUT2D eigenvalue weighted by Crippen LogP contribution is -2.22. The fourth-order valence-electron chi connectivity index (χ4n) is 1.40. The van der Waals surface area contributed by atoms with Crippen LogP contribution in [0, 0.1) is 5.82 Å². The number of benzene rings is 1. The first kappa shape index (κ1) is 13.5. The van der Waals surface area contributed by atoms with E-state index >= 15 is 0 Å². The quantitative estimate of drug-likeness (QED) is 0.913. The Hall–Kier alpha value is -0.980. The minimum Gasteiger partial charge on any atom is -0.310 e. The van der Waals surface area contributed by atoms with Crippen molar-refractivity contribution < 1.29 is 4.39 Å². The Labute approximate surface area is 114 Å². The molecule has 2 rings (SSSR count). The highest BCUT2D eigenvalue weighted by Gasteiger charge is 2.08. The molecule has 0 aliphatic carbocycles. The van der Waals surface area contributed by atoms with Crippen molar-refractivity contribution in [1.29, 1.82) is 0 Å². The van der Waals surface area contributed by atoms with Gasteiger partial charge >= 0.3 is 0 Å². The molecule has 0 fully saturated rings. The molecule has 6 heteroatoms. The lowest BCUT2D eigenvalue weighted by molar-refractivity contribution is 0.576. The minimum atomic E-state index is -0.211. The molecular formula is C12H14FN3S2. The standard InChI is InChI=1S/C12H14FN3S2/c1-8(2)14-6-9-5-10(13)3-4-11(9)17-12-15-7-16-18-12/h3-5,7-8,14H,6H2,1-2H3. The summed E-state index contributed by atoms with van der Waals surface area (Å²) < 4.78 is 18.1. The average molecular weight is 283 g/mol. The number of nitrogens with zero attached hydrogens (tertiary/aromatic N) is 2. The molecule has 0 unspecified atom stereocenters. The molecule has 0 amide bonds. The maximum Gasteiger partial charge on any atom is 0.174 e. The van der Waals surface area contributed by atoms with Crippen molar-refractivity contribution in [3.05, 3.63) is 35.9 Å². The van der Waals surface area contributed by atoms with Crippen LogP contribution in [-0.4, -0.2) is 15.4 Å². The van der Waals surface area contributed by atoms with Gasteiger partial charge in [-0.15, -0.1) is 0 Å². The van der Waals surface area contributed by atoms with Crippen LogP contribution in [0.25, 0.3) is 0 Å². The molecule has 0 bridgehead atoms. The van der Waals surface area contributed by atoms with Crippen molar-refractivity contribution >= 4 is 23.3 Å². The fourth-order valence-corrected chi connectivity index (χ4v) is 2.91. The van der Waals surface area contributed by atoms with Crippen molar-refractivity contribution in [2.75, 3.05) is 0 Å². The van der Waals surface area contributed by atoms with Gasteiger partial charge in [0.1, 0.15) is 12.1 Å². The van der Waals surface area contributed by atoms with Crippen LogP contribution in [-0.2, 0) is 6.54 Å². The second kappa shape index (κ2) is 6.26. The molecule has 0 aliphatic heterocycles. The van der Waals surface area contributed by atoms with Gasteiger partial charge in [0, 0.05) is 17.5 Å². The van der Waals surface area contributed by atoms with Gasteiger partial charge in [-0.1, -0.05) is 25.6 Å². The Balaban J connectivity index is 2.17. The Bertz CT molecular complexity index is 500. The first-order chi connectivity index (χ1) is 8.65. The molecule has 1 N–H and O–H groups in total. The zero-order valence-electron chi connectivity index (χ0n) is 10.2. The van der Waals surface area contributed by atoms with E-state index in [2.05, 4.69) is 28.5 Å². The zero-order valence-corrected chi connectivity index (χ0v) is 11.8. The minimum absolute atomic E-state index is 0.211. The van der Waals surface area contributed by atoms with E-state index in [0.29, 0.717) is 12.6 Å². The van der Waals surface area contributed by atoms with Crippen LogP contribution in [0.5, 0.6) is 0 Å². The third-order valence-corrected chi connectivity index (χ3v) is 4.09. The number of hydrogen-bond acceptors (Lipinski definition) is 5. The number of halogens is 1. The van der Waals surface area contributed by atoms with Crippen molar-refractivity contribution in [3.63, 3.8) is 0 Å². The smallest absolute Gasteiger partial charge is 0.174 e. The summed E-state index contributed by atoms with van der Waals surface area (Å²) in [4.78, 5) is 5.14. The molecule has 1 heterocycles. The van der Waals surface area contributed by atoms with Crippen LogP contribution in [0.1, 0.15) is 19.4 Å². The molecule has 0 atom stereocenters.